The second-order valence-corrected chi connectivity index (χ2v) is 6.75. The third kappa shape index (κ3) is 3.41. The molecule has 0 spiro atoms. The molecule has 2 aliphatic rings. The molecule has 2 rings (SSSR count). The second-order valence-electron chi connectivity index (χ2n) is 5.94. The second kappa shape index (κ2) is 6.29. The maximum atomic E-state index is 12.3. The fourth-order valence-corrected chi connectivity index (χ4v) is 3.50. The predicted octanol–water partition coefficient (Wildman–Crippen LogP) is 2.03. The summed E-state index contributed by atoms with van der Waals surface area (Å²) in [6.07, 6.45) is 5.39. The molecule has 2 atom stereocenters. The molecule has 2 saturated heterocycles. The molecule has 3 nitrogen and oxygen atoms in total. The molecule has 0 N–H and O–H groups in total. The van der Waals surface area contributed by atoms with E-state index in [9.17, 15) is 4.79 Å². The molecular weight excluding hydrogens is 244 g/mol. The first-order valence-corrected chi connectivity index (χ1v) is 7.75. The van der Waals surface area contributed by atoms with Crippen LogP contribution in [0.5, 0.6) is 0 Å². The molecule has 0 aliphatic carbocycles. The first kappa shape index (κ1) is 14.2. The fraction of sp³-hybridized carbons (Fsp3) is 0.929. The number of amides is 1. The molecule has 0 aromatic carbocycles. The number of nitrogens with zero attached hydrogens (tertiary/aromatic N) is 2. The fourth-order valence-electron chi connectivity index (χ4n) is 3.20. The lowest BCUT2D eigenvalue weighted by molar-refractivity contribution is -0.133. The highest BCUT2D eigenvalue weighted by molar-refractivity contribution is 7.80. The third-order valence-corrected chi connectivity index (χ3v) is 5.08. The van der Waals surface area contributed by atoms with Crippen molar-refractivity contribution < 1.29 is 4.79 Å². The number of carbonyl (C=O) groups is 1. The topological polar surface area (TPSA) is 23.6 Å². The Hall–Kier alpha value is -0.220. The van der Waals surface area contributed by atoms with E-state index in [1.54, 1.807) is 0 Å². The van der Waals surface area contributed by atoms with Gasteiger partial charge < -0.3 is 9.80 Å². The molecule has 104 valence electrons. The van der Waals surface area contributed by atoms with Crippen LogP contribution in [0.2, 0.25) is 0 Å². The van der Waals surface area contributed by atoms with E-state index in [0.717, 1.165) is 38.9 Å². The highest BCUT2D eigenvalue weighted by atomic mass is 32.1. The largest absolute Gasteiger partial charge is 0.343 e. The molecule has 0 aromatic rings. The Labute approximate surface area is 116 Å². The maximum Gasteiger partial charge on any atom is 0.224 e. The van der Waals surface area contributed by atoms with Crippen molar-refractivity contribution in [3.05, 3.63) is 0 Å². The monoisotopic (exact) mass is 270 g/mol. The van der Waals surface area contributed by atoms with Crippen molar-refractivity contribution in [2.75, 3.05) is 26.7 Å². The van der Waals surface area contributed by atoms with Crippen LogP contribution in [-0.4, -0.2) is 53.7 Å². The lowest BCUT2D eigenvalue weighted by Crippen LogP contribution is -2.42. The summed E-state index contributed by atoms with van der Waals surface area (Å²) < 4.78 is 0. The summed E-state index contributed by atoms with van der Waals surface area (Å²) in [4.78, 5) is 16.7. The van der Waals surface area contributed by atoms with Crippen LogP contribution in [0.1, 0.15) is 39.0 Å². The lowest BCUT2D eigenvalue weighted by atomic mass is 9.93. The van der Waals surface area contributed by atoms with Gasteiger partial charge in [0.1, 0.15) is 0 Å². The molecule has 0 aromatic heterocycles. The molecule has 2 fully saturated rings. The van der Waals surface area contributed by atoms with Gasteiger partial charge in [0.05, 0.1) is 0 Å². The zero-order chi connectivity index (χ0) is 13.1. The van der Waals surface area contributed by atoms with Crippen molar-refractivity contribution in [1.82, 2.24) is 9.80 Å². The number of piperidine rings is 1. The van der Waals surface area contributed by atoms with Gasteiger partial charge in [0, 0.05) is 30.8 Å². The summed E-state index contributed by atoms with van der Waals surface area (Å²) in [5, 5.41) is 0.461. The van der Waals surface area contributed by atoms with Crippen LogP contribution in [-0.2, 0) is 4.79 Å². The van der Waals surface area contributed by atoms with E-state index in [0.29, 0.717) is 23.1 Å². The lowest BCUT2D eigenvalue weighted by Gasteiger charge is -2.34. The standard InChI is InChI=1S/C14H26N2OS/c1-11(18)12-5-8-16(9-6-12)14(17)10-13-4-3-7-15(13)2/h11-13,18H,3-10H2,1-2H3. The molecule has 2 unspecified atom stereocenters. The minimum Gasteiger partial charge on any atom is -0.343 e. The first-order chi connectivity index (χ1) is 8.58. The van der Waals surface area contributed by atoms with Gasteiger partial charge >= 0.3 is 0 Å². The normalized spacial score (nSPS) is 28.6. The van der Waals surface area contributed by atoms with E-state index in [4.69, 9.17) is 0 Å². The molecule has 0 bridgehead atoms. The average Bonchev–Trinajstić information content (AvgIpc) is 2.75. The van der Waals surface area contributed by atoms with Crippen molar-refractivity contribution in [3.8, 4) is 0 Å². The molecule has 1 amide bonds. The summed E-state index contributed by atoms with van der Waals surface area (Å²) in [6.45, 7) is 5.19. The van der Waals surface area contributed by atoms with Gasteiger partial charge in [-0.3, -0.25) is 4.79 Å². The van der Waals surface area contributed by atoms with Crippen LogP contribution < -0.4 is 0 Å². The van der Waals surface area contributed by atoms with Crippen LogP contribution in [0.15, 0.2) is 0 Å². The van der Waals surface area contributed by atoms with Crippen molar-refractivity contribution in [2.24, 2.45) is 5.92 Å². The average molecular weight is 270 g/mol. The van der Waals surface area contributed by atoms with Crippen LogP contribution in [0.4, 0.5) is 0 Å². The number of rotatable bonds is 3. The zero-order valence-electron chi connectivity index (χ0n) is 11.6. The Morgan fingerprint density at radius 3 is 2.44 bits per heavy atom. The van der Waals surface area contributed by atoms with Crippen molar-refractivity contribution in [2.45, 2.75) is 50.3 Å². The smallest absolute Gasteiger partial charge is 0.224 e. The summed E-state index contributed by atoms with van der Waals surface area (Å²) in [5.74, 6) is 1.05. The number of thiol groups is 1. The van der Waals surface area contributed by atoms with E-state index < -0.39 is 0 Å². The van der Waals surface area contributed by atoms with Gasteiger partial charge in [0.15, 0.2) is 0 Å². The van der Waals surface area contributed by atoms with E-state index in [2.05, 4.69) is 36.4 Å². The van der Waals surface area contributed by atoms with Crippen LogP contribution in [0.25, 0.3) is 0 Å². The number of likely N-dealkylation sites (tertiary alicyclic amines) is 2. The van der Waals surface area contributed by atoms with Gasteiger partial charge in [0.25, 0.3) is 0 Å². The molecule has 18 heavy (non-hydrogen) atoms. The molecule has 2 aliphatic heterocycles. The first-order valence-electron chi connectivity index (χ1n) is 7.24. The number of hydrogen-bond donors (Lipinski definition) is 1. The summed E-state index contributed by atoms with van der Waals surface area (Å²) in [5.41, 5.74) is 0. The Balaban J connectivity index is 1.77. The van der Waals surface area contributed by atoms with E-state index in [1.165, 1.54) is 12.8 Å². The highest BCUT2D eigenvalue weighted by Crippen LogP contribution is 2.25. The van der Waals surface area contributed by atoms with E-state index in [-0.39, 0.29) is 0 Å². The SMILES string of the molecule is CC(S)C1CCN(C(=O)CC2CCCN2C)CC1. The summed E-state index contributed by atoms with van der Waals surface area (Å²) >= 11 is 4.52. The Morgan fingerprint density at radius 2 is 1.94 bits per heavy atom. The highest BCUT2D eigenvalue weighted by Gasteiger charge is 2.28. The summed E-state index contributed by atoms with van der Waals surface area (Å²) in [6, 6.07) is 0.485. The molecule has 0 radical (unpaired) electrons. The van der Waals surface area contributed by atoms with Crippen molar-refractivity contribution >= 4 is 18.5 Å². The van der Waals surface area contributed by atoms with E-state index in [1.807, 2.05) is 0 Å². The van der Waals surface area contributed by atoms with Crippen LogP contribution in [0, 0.1) is 5.92 Å². The van der Waals surface area contributed by atoms with Gasteiger partial charge in [-0.1, -0.05) is 6.92 Å². The minimum atomic E-state index is 0.360. The van der Waals surface area contributed by atoms with E-state index >= 15 is 0 Å². The van der Waals surface area contributed by atoms with Crippen LogP contribution >= 0.6 is 12.6 Å². The maximum absolute atomic E-state index is 12.3. The molecule has 4 heteroatoms. The van der Waals surface area contributed by atoms with Gasteiger partial charge in [-0.05, 0) is 45.2 Å². The van der Waals surface area contributed by atoms with Crippen molar-refractivity contribution in [1.29, 1.82) is 0 Å². The molecule has 2 heterocycles. The Morgan fingerprint density at radius 1 is 1.28 bits per heavy atom. The number of hydrogen-bond acceptors (Lipinski definition) is 3. The predicted molar refractivity (Wildman–Crippen MR) is 78.0 cm³/mol. The van der Waals surface area contributed by atoms with Gasteiger partial charge in [-0.25, -0.2) is 0 Å². The Kier molecular flexibility index (Phi) is 4.96. The van der Waals surface area contributed by atoms with Crippen LogP contribution in [0.3, 0.4) is 0 Å². The zero-order valence-corrected chi connectivity index (χ0v) is 12.5. The summed E-state index contributed by atoms with van der Waals surface area (Å²) in [7, 11) is 2.14. The van der Waals surface area contributed by atoms with Crippen molar-refractivity contribution in [3.63, 3.8) is 0 Å². The molecular formula is C14H26N2OS. The quantitative estimate of drug-likeness (QED) is 0.793. The third-order valence-electron chi connectivity index (χ3n) is 4.66. The van der Waals surface area contributed by atoms with Gasteiger partial charge in [-0.2, -0.15) is 12.6 Å². The minimum absolute atomic E-state index is 0.360. The van der Waals surface area contributed by atoms with Gasteiger partial charge in [0.2, 0.25) is 5.91 Å². The Bertz CT molecular complexity index is 288. The molecule has 0 saturated carbocycles. The van der Waals surface area contributed by atoms with Gasteiger partial charge in [-0.15, -0.1) is 0 Å². The number of carbonyl (C=O) groups excluding carboxylic acids is 1.